The standard InChI is InChI=1S/C10H15NO7P2/c12-10(19(13,14)15,20(16,17)18)9-5-7-3-1-2-4-8(7)6-11-9/h1-4,9,11-12H,5-6H2,(H2,13,14,15)(H2,16,17,18). The molecule has 1 aliphatic rings. The molecular formula is C10H15NO7P2. The van der Waals surface area contributed by atoms with Gasteiger partial charge in [0.2, 0.25) is 0 Å². The van der Waals surface area contributed by atoms with Crippen LogP contribution in [0.2, 0.25) is 0 Å². The van der Waals surface area contributed by atoms with E-state index >= 15 is 0 Å². The number of hydrogen-bond donors (Lipinski definition) is 6. The van der Waals surface area contributed by atoms with E-state index < -0.39 is 26.3 Å². The number of rotatable bonds is 3. The molecule has 0 saturated heterocycles. The second-order valence-electron chi connectivity index (χ2n) is 4.68. The van der Waals surface area contributed by atoms with Gasteiger partial charge in [0.1, 0.15) is 0 Å². The lowest BCUT2D eigenvalue weighted by Gasteiger charge is -2.39. The topological polar surface area (TPSA) is 147 Å². The normalized spacial score (nSPS) is 20.6. The van der Waals surface area contributed by atoms with E-state index in [0.717, 1.165) is 5.56 Å². The lowest BCUT2D eigenvalue weighted by Crippen LogP contribution is -2.53. The van der Waals surface area contributed by atoms with E-state index in [-0.39, 0.29) is 13.0 Å². The number of benzene rings is 1. The van der Waals surface area contributed by atoms with E-state index in [1.807, 2.05) is 0 Å². The van der Waals surface area contributed by atoms with Gasteiger partial charge in [0.15, 0.2) is 0 Å². The molecule has 0 fully saturated rings. The van der Waals surface area contributed by atoms with Crippen LogP contribution < -0.4 is 5.32 Å². The predicted octanol–water partition coefficient (Wildman–Crippen LogP) is -0.298. The first-order chi connectivity index (χ1) is 9.07. The van der Waals surface area contributed by atoms with Gasteiger partial charge >= 0.3 is 15.2 Å². The Morgan fingerprint density at radius 3 is 2.05 bits per heavy atom. The summed E-state index contributed by atoms with van der Waals surface area (Å²) in [5.74, 6) is 0. The highest BCUT2D eigenvalue weighted by molar-refractivity contribution is 7.72. The molecule has 1 heterocycles. The Labute approximate surface area is 114 Å². The monoisotopic (exact) mass is 323 g/mol. The molecule has 1 atom stereocenters. The molecule has 2 rings (SSSR count). The van der Waals surface area contributed by atoms with Crippen molar-refractivity contribution in [1.29, 1.82) is 0 Å². The van der Waals surface area contributed by atoms with Gasteiger partial charge in [0, 0.05) is 6.54 Å². The average Bonchev–Trinajstić information content (AvgIpc) is 2.34. The molecule has 0 aromatic heterocycles. The van der Waals surface area contributed by atoms with Crippen LogP contribution in [0.3, 0.4) is 0 Å². The molecule has 0 spiro atoms. The molecule has 1 aromatic carbocycles. The number of hydrogen-bond acceptors (Lipinski definition) is 4. The fraction of sp³-hybridized carbons (Fsp3) is 0.400. The van der Waals surface area contributed by atoms with Crippen molar-refractivity contribution in [1.82, 2.24) is 5.32 Å². The third-order valence-corrected chi connectivity index (χ3v) is 7.31. The Balaban J connectivity index is 2.45. The molecule has 1 aromatic rings. The molecule has 0 amide bonds. The highest BCUT2D eigenvalue weighted by atomic mass is 31.2. The Hall–Kier alpha value is -0.560. The zero-order chi connectivity index (χ0) is 15.2. The molecule has 0 aliphatic carbocycles. The van der Waals surface area contributed by atoms with E-state index in [1.165, 1.54) is 0 Å². The first kappa shape index (κ1) is 15.8. The van der Waals surface area contributed by atoms with Crippen LogP contribution in [0.1, 0.15) is 11.1 Å². The second kappa shape index (κ2) is 5.02. The Morgan fingerprint density at radius 2 is 1.55 bits per heavy atom. The fourth-order valence-electron chi connectivity index (χ4n) is 2.30. The van der Waals surface area contributed by atoms with Crippen LogP contribution >= 0.6 is 15.2 Å². The van der Waals surface area contributed by atoms with E-state index in [4.69, 9.17) is 0 Å². The van der Waals surface area contributed by atoms with Crippen LogP contribution in [-0.2, 0) is 22.1 Å². The van der Waals surface area contributed by atoms with Crippen molar-refractivity contribution in [3.8, 4) is 0 Å². The summed E-state index contributed by atoms with van der Waals surface area (Å²) in [5, 5.41) is 9.20. The van der Waals surface area contributed by atoms with Crippen molar-refractivity contribution >= 4 is 15.2 Å². The van der Waals surface area contributed by atoms with Crippen LogP contribution in [0.15, 0.2) is 24.3 Å². The average molecular weight is 323 g/mol. The zero-order valence-electron chi connectivity index (χ0n) is 10.2. The first-order valence-corrected chi connectivity index (χ1v) is 8.93. The maximum absolute atomic E-state index is 11.4. The fourth-order valence-corrected chi connectivity index (χ4v) is 4.84. The first-order valence-electron chi connectivity index (χ1n) is 5.71. The molecule has 0 saturated carbocycles. The molecule has 0 radical (unpaired) electrons. The van der Waals surface area contributed by atoms with Gasteiger partial charge in [0.25, 0.3) is 5.08 Å². The molecule has 10 heteroatoms. The maximum Gasteiger partial charge on any atom is 0.371 e. The maximum atomic E-state index is 11.4. The zero-order valence-corrected chi connectivity index (χ0v) is 12.0. The molecule has 8 nitrogen and oxygen atoms in total. The van der Waals surface area contributed by atoms with Gasteiger partial charge < -0.3 is 30.0 Å². The summed E-state index contributed by atoms with van der Waals surface area (Å²) >= 11 is 0. The summed E-state index contributed by atoms with van der Waals surface area (Å²) in [4.78, 5) is 36.8. The molecule has 1 aliphatic heterocycles. The summed E-state index contributed by atoms with van der Waals surface area (Å²) in [6, 6.07) is 5.50. The van der Waals surface area contributed by atoms with Crippen molar-refractivity contribution in [2.75, 3.05) is 0 Å². The number of nitrogens with one attached hydrogen (secondary N) is 1. The van der Waals surface area contributed by atoms with Crippen molar-refractivity contribution in [2.24, 2.45) is 0 Å². The van der Waals surface area contributed by atoms with Gasteiger partial charge in [-0.15, -0.1) is 0 Å². The second-order valence-corrected chi connectivity index (χ2v) is 8.57. The van der Waals surface area contributed by atoms with E-state index in [9.17, 15) is 33.8 Å². The third-order valence-electron chi connectivity index (χ3n) is 3.41. The van der Waals surface area contributed by atoms with Gasteiger partial charge in [-0.3, -0.25) is 9.13 Å². The minimum Gasteiger partial charge on any atom is -0.366 e. The quantitative estimate of drug-likeness (QED) is 0.416. The number of fused-ring (bicyclic) bond motifs is 1. The van der Waals surface area contributed by atoms with Crippen LogP contribution in [0, 0.1) is 0 Å². The number of aliphatic hydroxyl groups is 1. The Bertz CT molecular complexity index is 585. The largest absolute Gasteiger partial charge is 0.371 e. The minimum absolute atomic E-state index is 0.0944. The third kappa shape index (κ3) is 2.50. The lowest BCUT2D eigenvalue weighted by atomic mass is 9.96. The van der Waals surface area contributed by atoms with Gasteiger partial charge in [-0.2, -0.15) is 0 Å². The van der Waals surface area contributed by atoms with Crippen molar-refractivity contribution < 1.29 is 33.8 Å². The van der Waals surface area contributed by atoms with Crippen LogP contribution in [0.5, 0.6) is 0 Å². The Kier molecular flexibility index (Phi) is 3.97. The molecule has 1 unspecified atom stereocenters. The SMILES string of the molecule is O=P(O)(O)C(O)(C1Cc2ccccc2CN1)P(=O)(O)O. The highest BCUT2D eigenvalue weighted by Gasteiger charge is 2.64. The van der Waals surface area contributed by atoms with Gasteiger partial charge in [-0.1, -0.05) is 24.3 Å². The van der Waals surface area contributed by atoms with E-state index in [0.29, 0.717) is 5.56 Å². The molecular weight excluding hydrogens is 308 g/mol. The lowest BCUT2D eigenvalue weighted by molar-refractivity contribution is 0.0912. The van der Waals surface area contributed by atoms with E-state index in [1.54, 1.807) is 24.3 Å². The van der Waals surface area contributed by atoms with Crippen molar-refractivity contribution in [3.63, 3.8) is 0 Å². The molecule has 6 N–H and O–H groups in total. The van der Waals surface area contributed by atoms with Crippen LogP contribution in [0.4, 0.5) is 0 Å². The minimum atomic E-state index is -5.46. The summed E-state index contributed by atoms with van der Waals surface area (Å²) < 4.78 is 22.8. The van der Waals surface area contributed by atoms with Gasteiger partial charge in [-0.25, -0.2) is 0 Å². The van der Waals surface area contributed by atoms with Crippen LogP contribution in [0.25, 0.3) is 0 Å². The molecule has 0 bridgehead atoms. The summed E-state index contributed by atoms with van der Waals surface area (Å²) in [6.45, 7) is 0.156. The highest BCUT2D eigenvalue weighted by Crippen LogP contribution is 2.69. The smallest absolute Gasteiger partial charge is 0.366 e. The van der Waals surface area contributed by atoms with Gasteiger partial charge in [-0.05, 0) is 17.5 Å². The summed E-state index contributed by atoms with van der Waals surface area (Å²) in [7, 11) is -10.9. The Morgan fingerprint density at radius 1 is 1.05 bits per heavy atom. The molecule has 112 valence electrons. The molecule has 20 heavy (non-hydrogen) atoms. The van der Waals surface area contributed by atoms with Crippen molar-refractivity contribution in [2.45, 2.75) is 24.1 Å². The predicted molar refractivity (Wildman–Crippen MR) is 69.8 cm³/mol. The summed E-state index contributed by atoms with van der Waals surface area (Å²) in [6.07, 6.45) is -0.0944. The summed E-state index contributed by atoms with van der Waals surface area (Å²) in [5.41, 5.74) is 1.53. The van der Waals surface area contributed by atoms with Gasteiger partial charge in [0.05, 0.1) is 6.04 Å². The van der Waals surface area contributed by atoms with E-state index in [2.05, 4.69) is 5.32 Å². The van der Waals surface area contributed by atoms with Crippen LogP contribution in [-0.4, -0.2) is 35.8 Å². The van der Waals surface area contributed by atoms with Crippen molar-refractivity contribution in [3.05, 3.63) is 35.4 Å².